The Bertz CT molecular complexity index is 641. The monoisotopic (exact) mass is 361 g/mol. The van der Waals surface area contributed by atoms with Crippen molar-refractivity contribution in [1.29, 1.82) is 0 Å². The number of halogens is 1. The molecule has 0 saturated carbocycles. The second-order valence-electron chi connectivity index (χ2n) is 4.76. The van der Waals surface area contributed by atoms with Gasteiger partial charge >= 0.3 is 5.97 Å². The predicted octanol–water partition coefficient (Wildman–Crippen LogP) is 3.31. The molecule has 2 aromatic carbocycles. The molecule has 0 fully saturated rings. The molecule has 2 rings (SSSR count). The van der Waals surface area contributed by atoms with Gasteiger partial charge in [0.15, 0.2) is 6.10 Å². The van der Waals surface area contributed by atoms with E-state index in [4.69, 9.17) is 4.74 Å². The molecule has 22 heavy (non-hydrogen) atoms. The molecule has 114 valence electrons. The lowest BCUT2D eigenvalue weighted by Gasteiger charge is -2.13. The van der Waals surface area contributed by atoms with Crippen LogP contribution in [0.4, 0.5) is 0 Å². The highest BCUT2D eigenvalue weighted by Gasteiger charge is 2.18. The SMILES string of the molecule is CC(OC(=O)c1ccc(Br)cc1)C(=O)NCc1ccccc1. The Labute approximate surface area is 137 Å². The molecule has 1 amide bonds. The van der Waals surface area contributed by atoms with Gasteiger partial charge in [0.05, 0.1) is 5.56 Å². The summed E-state index contributed by atoms with van der Waals surface area (Å²) in [6.07, 6.45) is -0.847. The molecule has 4 nitrogen and oxygen atoms in total. The van der Waals surface area contributed by atoms with E-state index in [1.54, 1.807) is 31.2 Å². The maximum absolute atomic E-state index is 11.9. The molecule has 5 heteroatoms. The number of benzene rings is 2. The van der Waals surface area contributed by atoms with Gasteiger partial charge in [-0.2, -0.15) is 0 Å². The summed E-state index contributed by atoms with van der Waals surface area (Å²) in [6, 6.07) is 16.3. The van der Waals surface area contributed by atoms with E-state index in [1.165, 1.54) is 0 Å². The van der Waals surface area contributed by atoms with E-state index in [9.17, 15) is 9.59 Å². The Morgan fingerprint density at radius 2 is 1.73 bits per heavy atom. The van der Waals surface area contributed by atoms with Gasteiger partial charge in [-0.25, -0.2) is 4.79 Å². The normalized spacial score (nSPS) is 11.5. The Morgan fingerprint density at radius 3 is 2.36 bits per heavy atom. The minimum atomic E-state index is -0.847. The highest BCUT2D eigenvalue weighted by Crippen LogP contribution is 2.12. The van der Waals surface area contributed by atoms with Crippen LogP contribution in [0.25, 0.3) is 0 Å². The Morgan fingerprint density at radius 1 is 1.09 bits per heavy atom. The average Bonchev–Trinajstić information content (AvgIpc) is 2.54. The number of hydrogen-bond acceptors (Lipinski definition) is 3. The van der Waals surface area contributed by atoms with Crippen LogP contribution in [0.3, 0.4) is 0 Å². The van der Waals surface area contributed by atoms with E-state index in [1.807, 2.05) is 30.3 Å². The van der Waals surface area contributed by atoms with E-state index in [2.05, 4.69) is 21.2 Å². The molecule has 0 heterocycles. The Hall–Kier alpha value is -2.14. The van der Waals surface area contributed by atoms with Gasteiger partial charge < -0.3 is 10.1 Å². The van der Waals surface area contributed by atoms with E-state index in [0.717, 1.165) is 10.0 Å². The lowest BCUT2D eigenvalue weighted by atomic mass is 10.2. The maximum Gasteiger partial charge on any atom is 0.338 e. The quantitative estimate of drug-likeness (QED) is 0.831. The zero-order chi connectivity index (χ0) is 15.9. The van der Waals surface area contributed by atoms with Crippen LogP contribution in [0.15, 0.2) is 59.1 Å². The summed E-state index contributed by atoms with van der Waals surface area (Å²) in [5.74, 6) is -0.843. The van der Waals surface area contributed by atoms with Crippen LogP contribution < -0.4 is 5.32 Å². The van der Waals surface area contributed by atoms with Gasteiger partial charge in [-0.05, 0) is 36.8 Å². The van der Waals surface area contributed by atoms with Gasteiger partial charge in [-0.1, -0.05) is 46.3 Å². The number of carbonyl (C=O) groups excluding carboxylic acids is 2. The molecule has 0 bridgehead atoms. The maximum atomic E-state index is 11.9. The van der Waals surface area contributed by atoms with Crippen LogP contribution in [-0.4, -0.2) is 18.0 Å². The minimum Gasteiger partial charge on any atom is -0.449 e. The lowest BCUT2D eigenvalue weighted by Crippen LogP contribution is -2.35. The number of hydrogen-bond donors (Lipinski definition) is 1. The van der Waals surface area contributed by atoms with E-state index in [-0.39, 0.29) is 5.91 Å². The largest absolute Gasteiger partial charge is 0.449 e. The molecular formula is C17H16BrNO3. The van der Waals surface area contributed by atoms with Crippen LogP contribution in [-0.2, 0) is 16.1 Å². The number of nitrogens with one attached hydrogen (secondary N) is 1. The van der Waals surface area contributed by atoms with Crippen molar-refractivity contribution in [2.24, 2.45) is 0 Å². The smallest absolute Gasteiger partial charge is 0.338 e. The zero-order valence-electron chi connectivity index (χ0n) is 12.1. The molecule has 1 unspecified atom stereocenters. The van der Waals surface area contributed by atoms with Crippen LogP contribution in [0.1, 0.15) is 22.8 Å². The van der Waals surface area contributed by atoms with Crippen LogP contribution in [0.5, 0.6) is 0 Å². The summed E-state index contributed by atoms with van der Waals surface area (Å²) in [7, 11) is 0. The van der Waals surface area contributed by atoms with Crippen molar-refractivity contribution in [1.82, 2.24) is 5.32 Å². The first-order chi connectivity index (χ1) is 10.6. The van der Waals surface area contributed by atoms with E-state index < -0.39 is 12.1 Å². The number of carbonyl (C=O) groups is 2. The molecule has 2 aromatic rings. The van der Waals surface area contributed by atoms with Gasteiger partial charge in [-0.3, -0.25) is 4.79 Å². The first-order valence-electron chi connectivity index (χ1n) is 6.84. The van der Waals surface area contributed by atoms with Crippen molar-refractivity contribution in [3.8, 4) is 0 Å². The first-order valence-corrected chi connectivity index (χ1v) is 7.64. The van der Waals surface area contributed by atoms with Gasteiger partial charge in [0.2, 0.25) is 0 Å². The van der Waals surface area contributed by atoms with Crippen molar-refractivity contribution >= 4 is 27.8 Å². The van der Waals surface area contributed by atoms with Gasteiger partial charge in [0.25, 0.3) is 5.91 Å². The molecule has 0 aliphatic carbocycles. The molecule has 0 aliphatic rings. The predicted molar refractivity (Wildman–Crippen MR) is 87.3 cm³/mol. The molecule has 0 radical (unpaired) electrons. The summed E-state index contributed by atoms with van der Waals surface area (Å²) < 4.78 is 6.03. The minimum absolute atomic E-state index is 0.325. The highest BCUT2D eigenvalue weighted by atomic mass is 79.9. The first kappa shape index (κ1) is 16.2. The zero-order valence-corrected chi connectivity index (χ0v) is 13.7. The lowest BCUT2D eigenvalue weighted by molar-refractivity contribution is -0.129. The Kier molecular flexibility index (Phi) is 5.72. The van der Waals surface area contributed by atoms with Crippen LogP contribution in [0, 0.1) is 0 Å². The van der Waals surface area contributed by atoms with Gasteiger partial charge in [0.1, 0.15) is 0 Å². The molecule has 1 atom stereocenters. The summed E-state index contributed by atoms with van der Waals surface area (Å²) in [5.41, 5.74) is 1.40. The van der Waals surface area contributed by atoms with Gasteiger partial charge in [-0.15, -0.1) is 0 Å². The van der Waals surface area contributed by atoms with Crippen molar-refractivity contribution in [3.05, 3.63) is 70.2 Å². The summed E-state index contributed by atoms with van der Waals surface area (Å²) in [6.45, 7) is 1.96. The molecular weight excluding hydrogens is 346 g/mol. The van der Waals surface area contributed by atoms with Crippen molar-refractivity contribution in [3.63, 3.8) is 0 Å². The molecule has 0 aliphatic heterocycles. The number of esters is 1. The van der Waals surface area contributed by atoms with E-state index in [0.29, 0.717) is 12.1 Å². The van der Waals surface area contributed by atoms with Crippen molar-refractivity contribution in [2.75, 3.05) is 0 Å². The summed E-state index contributed by atoms with van der Waals surface area (Å²) in [4.78, 5) is 23.9. The second-order valence-corrected chi connectivity index (χ2v) is 5.67. The van der Waals surface area contributed by atoms with Crippen molar-refractivity contribution in [2.45, 2.75) is 19.6 Å². The van der Waals surface area contributed by atoms with Crippen molar-refractivity contribution < 1.29 is 14.3 Å². The Balaban J connectivity index is 1.85. The number of rotatable bonds is 5. The van der Waals surface area contributed by atoms with Crippen LogP contribution in [0.2, 0.25) is 0 Å². The second kappa shape index (κ2) is 7.75. The third-order valence-electron chi connectivity index (χ3n) is 3.04. The summed E-state index contributed by atoms with van der Waals surface area (Å²) in [5, 5.41) is 2.74. The molecule has 0 saturated heterocycles. The van der Waals surface area contributed by atoms with Gasteiger partial charge in [0, 0.05) is 11.0 Å². The fraction of sp³-hybridized carbons (Fsp3) is 0.176. The topological polar surface area (TPSA) is 55.4 Å². The summed E-state index contributed by atoms with van der Waals surface area (Å²) >= 11 is 3.30. The fourth-order valence-corrected chi connectivity index (χ4v) is 2.06. The molecule has 1 N–H and O–H groups in total. The average molecular weight is 362 g/mol. The third kappa shape index (κ3) is 4.70. The third-order valence-corrected chi connectivity index (χ3v) is 3.57. The van der Waals surface area contributed by atoms with E-state index >= 15 is 0 Å². The molecule has 0 aromatic heterocycles. The van der Waals surface area contributed by atoms with Crippen LogP contribution >= 0.6 is 15.9 Å². The fourth-order valence-electron chi connectivity index (χ4n) is 1.80. The number of ether oxygens (including phenoxy) is 1. The standard InChI is InChI=1S/C17H16BrNO3/c1-12(16(20)19-11-13-5-3-2-4-6-13)22-17(21)14-7-9-15(18)10-8-14/h2-10,12H,11H2,1H3,(H,19,20). The number of amides is 1. The molecule has 0 spiro atoms. The highest BCUT2D eigenvalue weighted by molar-refractivity contribution is 9.10.